The van der Waals surface area contributed by atoms with Crippen LogP contribution < -0.4 is 3.79 Å². The second-order valence-electron chi connectivity index (χ2n) is 2.90. The lowest BCUT2D eigenvalue weighted by Crippen LogP contribution is -1.92. The van der Waals surface area contributed by atoms with E-state index in [1.54, 1.807) is 12.3 Å². The van der Waals surface area contributed by atoms with Crippen molar-refractivity contribution in [2.75, 3.05) is 0 Å². The van der Waals surface area contributed by atoms with Gasteiger partial charge in [0.1, 0.15) is 11.3 Å². The zero-order valence-electron chi connectivity index (χ0n) is 7.47. The van der Waals surface area contributed by atoms with Crippen LogP contribution in [0.2, 0.25) is 0 Å². The van der Waals surface area contributed by atoms with Gasteiger partial charge in [0, 0.05) is 11.6 Å². The van der Waals surface area contributed by atoms with Gasteiger partial charge >= 0.3 is 16.6 Å². The molecule has 14 heavy (non-hydrogen) atoms. The number of aliphatic hydroxyl groups excluding tert-OH is 1. The minimum absolute atomic E-state index is 0.0132. The number of nitrogens with zero attached hydrogens (tertiary/aromatic N) is 1. The minimum Gasteiger partial charge on any atom is -0.652 e. The molecule has 1 aromatic carbocycles. The van der Waals surface area contributed by atoms with Crippen LogP contribution in [0.15, 0.2) is 30.5 Å². The standard InChI is InChI=1S/C10H9NO2.Al/c12-6-7-3-4-9(13)10-8(7)2-1-5-11-10;/h1-5,12-13H,6H2;/q;+1/p-1. The van der Waals surface area contributed by atoms with E-state index in [4.69, 9.17) is 8.90 Å². The molecule has 1 N–H and O–H groups in total. The zero-order valence-corrected chi connectivity index (χ0v) is 8.63. The van der Waals surface area contributed by atoms with Crippen molar-refractivity contribution in [1.29, 1.82) is 0 Å². The largest absolute Gasteiger partial charge is 0.652 e. The fourth-order valence-electron chi connectivity index (χ4n) is 1.44. The van der Waals surface area contributed by atoms with Gasteiger partial charge in [-0.25, -0.2) is 0 Å². The Morgan fingerprint density at radius 1 is 1.36 bits per heavy atom. The van der Waals surface area contributed by atoms with Crippen LogP contribution in [-0.2, 0) is 6.61 Å². The van der Waals surface area contributed by atoms with Crippen molar-refractivity contribution in [2.24, 2.45) is 0 Å². The predicted octanol–water partition coefficient (Wildman–Crippen LogP) is 1.19. The molecule has 1 aromatic heterocycles. The van der Waals surface area contributed by atoms with Gasteiger partial charge in [0.2, 0.25) is 0 Å². The maximum atomic E-state index is 9.13. The number of aromatic nitrogens is 1. The molecular weight excluding hydrogens is 193 g/mol. The van der Waals surface area contributed by atoms with Crippen molar-refractivity contribution in [3.8, 4) is 5.75 Å². The van der Waals surface area contributed by atoms with E-state index < -0.39 is 0 Å². The summed E-state index contributed by atoms with van der Waals surface area (Å²) in [5, 5.41) is 10.1. The van der Waals surface area contributed by atoms with Crippen LogP contribution in [0.4, 0.5) is 0 Å². The third kappa shape index (κ3) is 1.48. The molecule has 0 fully saturated rings. The molecule has 1 heterocycles. The summed E-state index contributed by atoms with van der Waals surface area (Å²) in [4.78, 5) is 4.21. The number of rotatable bonds is 2. The topological polar surface area (TPSA) is 42.4 Å². The number of fused-ring (bicyclic) bond motifs is 1. The first-order valence-corrected chi connectivity index (χ1v) is 4.68. The van der Waals surface area contributed by atoms with Gasteiger partial charge in [0.25, 0.3) is 0 Å². The van der Waals surface area contributed by atoms with Crippen molar-refractivity contribution >= 4 is 27.5 Å². The molecule has 0 unspecified atom stereocenters. The summed E-state index contributed by atoms with van der Waals surface area (Å²) in [6, 6.07) is 7.40. The summed E-state index contributed by atoms with van der Waals surface area (Å²) in [7, 11) is 0. The Morgan fingerprint density at radius 3 is 2.93 bits per heavy atom. The van der Waals surface area contributed by atoms with Gasteiger partial charge in [-0.15, -0.1) is 0 Å². The molecule has 0 saturated heterocycles. The quantitative estimate of drug-likeness (QED) is 0.742. The summed E-state index contributed by atoms with van der Waals surface area (Å²) < 4.78 is 5.10. The molecule has 68 valence electrons. The Labute approximate surface area is 90.1 Å². The minimum atomic E-state index is 0.0132. The summed E-state index contributed by atoms with van der Waals surface area (Å²) in [6.07, 6.45) is 1.71. The van der Waals surface area contributed by atoms with Gasteiger partial charge in [-0.05, 0) is 17.7 Å². The highest BCUT2D eigenvalue weighted by Gasteiger charge is 2.04. The molecule has 3 nitrogen and oxygen atoms in total. The molecular formula is C10H8AlNO2. The number of aliphatic hydroxyl groups is 1. The first-order valence-electron chi connectivity index (χ1n) is 4.21. The van der Waals surface area contributed by atoms with E-state index in [1.807, 2.05) is 18.2 Å². The summed E-state index contributed by atoms with van der Waals surface area (Å²) in [6.45, 7) is 0.0132. The van der Waals surface area contributed by atoms with Crippen LogP contribution in [0.25, 0.3) is 10.9 Å². The van der Waals surface area contributed by atoms with Gasteiger partial charge in [0.15, 0.2) is 0 Å². The lowest BCUT2D eigenvalue weighted by molar-refractivity contribution is 0.283. The highest BCUT2D eigenvalue weighted by atomic mass is 27.1. The maximum absolute atomic E-state index is 9.13. The van der Waals surface area contributed by atoms with Gasteiger partial charge in [0.05, 0.1) is 6.61 Å². The predicted molar refractivity (Wildman–Crippen MR) is 54.0 cm³/mol. The molecule has 0 aliphatic heterocycles. The number of benzene rings is 1. The first kappa shape index (κ1) is 9.48. The monoisotopic (exact) mass is 201 g/mol. The van der Waals surface area contributed by atoms with Crippen LogP contribution in [-0.4, -0.2) is 26.7 Å². The van der Waals surface area contributed by atoms with E-state index in [1.165, 1.54) is 0 Å². The molecule has 0 saturated carbocycles. The molecule has 2 radical (unpaired) electrons. The zero-order chi connectivity index (χ0) is 9.97. The molecule has 2 aromatic rings. The van der Waals surface area contributed by atoms with Gasteiger partial charge in [-0.2, -0.15) is 0 Å². The molecule has 0 spiro atoms. The van der Waals surface area contributed by atoms with Crippen molar-refractivity contribution in [3.63, 3.8) is 0 Å². The lowest BCUT2D eigenvalue weighted by atomic mass is 10.1. The average Bonchev–Trinajstić information content (AvgIpc) is 2.27. The molecule has 4 heteroatoms. The van der Waals surface area contributed by atoms with E-state index in [9.17, 15) is 0 Å². The Bertz CT molecular complexity index is 416. The third-order valence-electron chi connectivity index (χ3n) is 2.12. The average molecular weight is 201 g/mol. The fourth-order valence-corrected chi connectivity index (χ4v) is 1.63. The molecule has 0 amide bonds. The Hall–Kier alpha value is -1.08. The number of hydrogen-bond acceptors (Lipinski definition) is 3. The second kappa shape index (κ2) is 3.97. The third-order valence-corrected chi connectivity index (χ3v) is 2.37. The summed E-state index contributed by atoms with van der Waals surface area (Å²) in [5.41, 5.74) is 1.63. The lowest BCUT2D eigenvalue weighted by Gasteiger charge is -2.08. The molecule has 2 rings (SSSR count). The maximum Gasteiger partial charge on any atom is 0.482 e. The highest BCUT2D eigenvalue weighted by Crippen LogP contribution is 2.25. The first-order chi connectivity index (χ1) is 6.86. The van der Waals surface area contributed by atoms with Crippen LogP contribution in [0, 0.1) is 0 Å². The van der Waals surface area contributed by atoms with Gasteiger partial charge in [-0.3, -0.25) is 4.98 Å². The number of hydrogen-bond donors (Lipinski definition) is 1. The van der Waals surface area contributed by atoms with E-state index in [2.05, 4.69) is 21.6 Å². The molecule has 0 aliphatic rings. The molecule has 0 aliphatic carbocycles. The second-order valence-corrected chi connectivity index (χ2v) is 3.13. The number of pyridine rings is 1. The Morgan fingerprint density at radius 2 is 2.21 bits per heavy atom. The Balaban J connectivity index is 2.78. The summed E-state index contributed by atoms with van der Waals surface area (Å²) >= 11 is 2.20. The normalized spacial score (nSPS) is 10.4. The van der Waals surface area contributed by atoms with Crippen LogP contribution >= 0.6 is 0 Å². The van der Waals surface area contributed by atoms with E-state index in [0.717, 1.165) is 16.5 Å². The van der Waals surface area contributed by atoms with E-state index in [0.29, 0.717) is 5.75 Å². The fraction of sp³-hybridized carbons (Fsp3) is 0.100. The smallest absolute Gasteiger partial charge is 0.482 e. The van der Waals surface area contributed by atoms with Crippen molar-refractivity contribution in [3.05, 3.63) is 36.0 Å². The highest BCUT2D eigenvalue weighted by molar-refractivity contribution is 6.02. The van der Waals surface area contributed by atoms with Crippen LogP contribution in [0.3, 0.4) is 0 Å². The van der Waals surface area contributed by atoms with Crippen molar-refractivity contribution in [1.82, 2.24) is 4.98 Å². The Kier molecular flexibility index (Phi) is 2.69. The molecule has 0 atom stereocenters. The van der Waals surface area contributed by atoms with Crippen LogP contribution in [0.1, 0.15) is 5.56 Å². The van der Waals surface area contributed by atoms with Gasteiger partial charge in [-0.1, -0.05) is 12.1 Å². The van der Waals surface area contributed by atoms with Crippen molar-refractivity contribution < 1.29 is 8.90 Å². The van der Waals surface area contributed by atoms with E-state index in [-0.39, 0.29) is 6.61 Å². The molecule has 0 bridgehead atoms. The van der Waals surface area contributed by atoms with Gasteiger partial charge < -0.3 is 8.90 Å². The van der Waals surface area contributed by atoms with Crippen molar-refractivity contribution in [2.45, 2.75) is 6.61 Å². The SMILES string of the molecule is OCc1ccc([O][Al])c2ncccc12. The van der Waals surface area contributed by atoms with E-state index >= 15 is 0 Å². The summed E-state index contributed by atoms with van der Waals surface area (Å²) in [5.74, 6) is 0.697. The van der Waals surface area contributed by atoms with Crippen LogP contribution in [0.5, 0.6) is 5.75 Å².